The summed E-state index contributed by atoms with van der Waals surface area (Å²) in [6.07, 6.45) is 0. The third-order valence-corrected chi connectivity index (χ3v) is 4.30. The molecule has 5 heteroatoms. The van der Waals surface area contributed by atoms with Gasteiger partial charge in [-0.15, -0.1) is 0 Å². The lowest BCUT2D eigenvalue weighted by Gasteiger charge is -2.11. The first-order valence-electron chi connectivity index (χ1n) is 9.42. The smallest absolute Gasteiger partial charge is 0.338 e. The monoisotopic (exact) mass is 389 g/mol. The van der Waals surface area contributed by atoms with Gasteiger partial charge in [-0.1, -0.05) is 54.1 Å². The van der Waals surface area contributed by atoms with Crippen molar-refractivity contribution in [1.82, 2.24) is 0 Å². The number of benzene rings is 3. The molecule has 1 amide bonds. The van der Waals surface area contributed by atoms with Crippen LogP contribution in [-0.4, -0.2) is 25.1 Å². The van der Waals surface area contributed by atoms with Crippen LogP contribution in [0.2, 0.25) is 0 Å². The Bertz CT molecular complexity index is 979. The van der Waals surface area contributed by atoms with Gasteiger partial charge in [-0.2, -0.15) is 0 Å². The molecule has 0 saturated heterocycles. The highest BCUT2D eigenvalue weighted by Gasteiger charge is 2.12. The SMILES string of the molecule is CCOc1ccccc1NC(=O)COC(=O)c1ccc(-c2ccc(C)cc2)cc1. The highest BCUT2D eigenvalue weighted by atomic mass is 16.5. The summed E-state index contributed by atoms with van der Waals surface area (Å²) in [5.74, 6) is -0.406. The van der Waals surface area contributed by atoms with Gasteiger partial charge in [0.1, 0.15) is 5.75 Å². The fourth-order valence-electron chi connectivity index (χ4n) is 2.80. The Hall–Kier alpha value is -3.60. The molecule has 3 rings (SSSR count). The van der Waals surface area contributed by atoms with Crippen molar-refractivity contribution < 1.29 is 19.1 Å². The van der Waals surface area contributed by atoms with Crippen LogP contribution in [0.1, 0.15) is 22.8 Å². The van der Waals surface area contributed by atoms with E-state index < -0.39 is 11.9 Å². The second kappa shape index (κ2) is 9.55. The molecule has 0 aromatic heterocycles. The summed E-state index contributed by atoms with van der Waals surface area (Å²) in [5, 5.41) is 2.70. The van der Waals surface area contributed by atoms with Gasteiger partial charge in [0.15, 0.2) is 6.61 Å². The van der Waals surface area contributed by atoms with Crippen LogP contribution in [0.4, 0.5) is 5.69 Å². The maximum atomic E-state index is 12.2. The molecule has 0 saturated carbocycles. The lowest BCUT2D eigenvalue weighted by atomic mass is 10.0. The molecule has 0 aliphatic rings. The van der Waals surface area contributed by atoms with Crippen LogP contribution in [0.5, 0.6) is 5.75 Å². The van der Waals surface area contributed by atoms with Crippen LogP contribution >= 0.6 is 0 Å². The molecule has 0 aliphatic heterocycles. The fraction of sp³-hybridized carbons (Fsp3) is 0.167. The van der Waals surface area contributed by atoms with Crippen LogP contribution in [0.25, 0.3) is 11.1 Å². The molecule has 1 N–H and O–H groups in total. The van der Waals surface area contributed by atoms with Gasteiger partial charge in [0.05, 0.1) is 17.9 Å². The molecule has 0 aliphatic carbocycles. The van der Waals surface area contributed by atoms with Crippen molar-refractivity contribution in [2.75, 3.05) is 18.5 Å². The molecule has 0 spiro atoms. The van der Waals surface area contributed by atoms with Gasteiger partial charge in [-0.3, -0.25) is 4.79 Å². The van der Waals surface area contributed by atoms with Crippen LogP contribution in [0, 0.1) is 6.92 Å². The maximum Gasteiger partial charge on any atom is 0.338 e. The van der Waals surface area contributed by atoms with E-state index in [2.05, 4.69) is 5.32 Å². The summed E-state index contributed by atoms with van der Waals surface area (Å²) in [6, 6.07) is 22.4. The van der Waals surface area contributed by atoms with E-state index >= 15 is 0 Å². The second-order valence-electron chi connectivity index (χ2n) is 6.50. The van der Waals surface area contributed by atoms with Crippen molar-refractivity contribution in [1.29, 1.82) is 0 Å². The van der Waals surface area contributed by atoms with Crippen molar-refractivity contribution >= 4 is 17.6 Å². The number of anilines is 1. The molecule has 0 bridgehead atoms. The van der Waals surface area contributed by atoms with Crippen molar-refractivity contribution in [3.63, 3.8) is 0 Å². The Labute approximate surface area is 170 Å². The normalized spacial score (nSPS) is 10.3. The number of amides is 1. The minimum atomic E-state index is -0.548. The van der Waals surface area contributed by atoms with Gasteiger partial charge in [-0.05, 0) is 49.2 Å². The first kappa shape index (κ1) is 20.1. The lowest BCUT2D eigenvalue weighted by Crippen LogP contribution is -2.21. The number of esters is 1. The van der Waals surface area contributed by atoms with Crippen molar-refractivity contribution in [3.05, 3.63) is 83.9 Å². The quantitative estimate of drug-likeness (QED) is 0.586. The molecule has 0 radical (unpaired) electrons. The average Bonchev–Trinajstić information content (AvgIpc) is 2.74. The number of hydrogen-bond acceptors (Lipinski definition) is 4. The number of carbonyl (C=O) groups excluding carboxylic acids is 2. The number of rotatable bonds is 7. The van der Waals surface area contributed by atoms with E-state index in [4.69, 9.17) is 9.47 Å². The van der Waals surface area contributed by atoms with E-state index in [0.717, 1.165) is 11.1 Å². The van der Waals surface area contributed by atoms with E-state index in [1.807, 2.05) is 56.3 Å². The maximum absolute atomic E-state index is 12.2. The number of para-hydroxylation sites is 2. The van der Waals surface area contributed by atoms with E-state index in [0.29, 0.717) is 23.6 Å². The molecule has 3 aromatic rings. The Morgan fingerprint density at radius 2 is 1.48 bits per heavy atom. The van der Waals surface area contributed by atoms with E-state index in [9.17, 15) is 9.59 Å². The third-order valence-electron chi connectivity index (χ3n) is 4.30. The summed E-state index contributed by atoms with van der Waals surface area (Å²) in [5.41, 5.74) is 4.20. The minimum absolute atomic E-state index is 0.376. The van der Waals surface area contributed by atoms with Crippen LogP contribution in [-0.2, 0) is 9.53 Å². The summed E-state index contributed by atoms with van der Waals surface area (Å²) in [6.45, 7) is 4.01. The fourth-order valence-corrected chi connectivity index (χ4v) is 2.80. The standard InChI is InChI=1S/C24H23NO4/c1-3-28-22-7-5-4-6-21(22)25-23(26)16-29-24(27)20-14-12-19(13-15-20)18-10-8-17(2)9-11-18/h4-15H,3,16H2,1-2H3,(H,25,26). The zero-order valence-corrected chi connectivity index (χ0v) is 16.5. The van der Waals surface area contributed by atoms with Crippen molar-refractivity contribution in [3.8, 4) is 16.9 Å². The lowest BCUT2D eigenvalue weighted by molar-refractivity contribution is -0.119. The van der Waals surface area contributed by atoms with Gasteiger partial charge in [0, 0.05) is 0 Å². The van der Waals surface area contributed by atoms with Crippen molar-refractivity contribution in [2.24, 2.45) is 0 Å². The van der Waals surface area contributed by atoms with Gasteiger partial charge < -0.3 is 14.8 Å². The number of aryl methyl sites for hydroxylation is 1. The molecule has 0 heterocycles. The van der Waals surface area contributed by atoms with E-state index in [1.54, 1.807) is 30.3 Å². The molecule has 0 unspecified atom stereocenters. The van der Waals surface area contributed by atoms with Crippen molar-refractivity contribution in [2.45, 2.75) is 13.8 Å². The molecule has 5 nitrogen and oxygen atoms in total. The summed E-state index contributed by atoms with van der Waals surface area (Å²) in [7, 11) is 0. The molecular formula is C24H23NO4. The van der Waals surface area contributed by atoms with Crippen LogP contribution < -0.4 is 10.1 Å². The third kappa shape index (κ3) is 5.45. The van der Waals surface area contributed by atoms with Gasteiger partial charge >= 0.3 is 5.97 Å². The summed E-state index contributed by atoms with van der Waals surface area (Å²) < 4.78 is 10.6. The highest BCUT2D eigenvalue weighted by Crippen LogP contribution is 2.23. The zero-order chi connectivity index (χ0) is 20.6. The molecule has 29 heavy (non-hydrogen) atoms. The van der Waals surface area contributed by atoms with Gasteiger partial charge in [-0.25, -0.2) is 4.79 Å². The number of carbonyl (C=O) groups is 2. The van der Waals surface area contributed by atoms with Gasteiger partial charge in [0.2, 0.25) is 0 Å². The first-order chi connectivity index (χ1) is 14.1. The number of ether oxygens (including phenoxy) is 2. The number of nitrogens with one attached hydrogen (secondary N) is 1. The van der Waals surface area contributed by atoms with E-state index in [1.165, 1.54) is 5.56 Å². The Kier molecular flexibility index (Phi) is 6.63. The zero-order valence-electron chi connectivity index (χ0n) is 16.5. The Balaban J connectivity index is 1.56. The Morgan fingerprint density at radius 1 is 0.862 bits per heavy atom. The largest absolute Gasteiger partial charge is 0.492 e. The first-order valence-corrected chi connectivity index (χ1v) is 9.42. The summed E-state index contributed by atoms with van der Waals surface area (Å²) >= 11 is 0. The number of hydrogen-bond donors (Lipinski definition) is 1. The van der Waals surface area contributed by atoms with E-state index in [-0.39, 0.29) is 6.61 Å². The van der Waals surface area contributed by atoms with Crippen LogP contribution in [0.3, 0.4) is 0 Å². The second-order valence-corrected chi connectivity index (χ2v) is 6.50. The molecule has 0 atom stereocenters. The molecular weight excluding hydrogens is 366 g/mol. The average molecular weight is 389 g/mol. The molecule has 148 valence electrons. The van der Waals surface area contributed by atoms with Gasteiger partial charge in [0.25, 0.3) is 5.91 Å². The minimum Gasteiger partial charge on any atom is -0.492 e. The molecule has 3 aromatic carbocycles. The molecule has 0 fully saturated rings. The summed E-state index contributed by atoms with van der Waals surface area (Å²) in [4.78, 5) is 24.4. The predicted octanol–water partition coefficient (Wildman–Crippen LogP) is 4.86. The topological polar surface area (TPSA) is 64.6 Å². The Morgan fingerprint density at radius 3 is 2.14 bits per heavy atom. The van der Waals surface area contributed by atoms with Crippen LogP contribution in [0.15, 0.2) is 72.8 Å². The predicted molar refractivity (Wildman–Crippen MR) is 113 cm³/mol. The highest BCUT2D eigenvalue weighted by molar-refractivity contribution is 5.96.